The molecule has 8 nitrogen and oxygen atoms in total. The Balaban J connectivity index is 1.60. The Hall–Kier alpha value is -3.10. The van der Waals surface area contributed by atoms with E-state index in [-0.39, 0.29) is 29.9 Å². The van der Waals surface area contributed by atoms with Gasteiger partial charge in [-0.3, -0.25) is 14.5 Å². The lowest BCUT2D eigenvalue weighted by molar-refractivity contribution is 0.00994. The summed E-state index contributed by atoms with van der Waals surface area (Å²) in [6, 6.07) is 12.3. The van der Waals surface area contributed by atoms with E-state index in [1.54, 1.807) is 68.6 Å². The molecule has 0 radical (unpaired) electrons. The van der Waals surface area contributed by atoms with Crippen molar-refractivity contribution in [2.45, 2.75) is 38.8 Å². The second-order valence-corrected chi connectivity index (χ2v) is 10.4. The van der Waals surface area contributed by atoms with Gasteiger partial charge >= 0.3 is 0 Å². The first-order valence-corrected chi connectivity index (χ1v) is 13.0. The Morgan fingerprint density at radius 2 is 1.89 bits per heavy atom. The van der Waals surface area contributed by atoms with Gasteiger partial charge in [-0.1, -0.05) is 13.0 Å². The summed E-state index contributed by atoms with van der Waals surface area (Å²) < 4.78 is 17.3. The standard InChI is InChI=1S/C29H39N3O5/c1-19-15-32(16-21-9-10-21)20(2)18-37-26-14-23(30-28(33)22-7-6-8-24(13-22)35-4)11-12-25(26)29(34)31(3)17-27(19)36-5/h6-8,11-14,19-21,27H,9-10,15-18H2,1-5H3,(H,30,33)/t19-,20+,27+/m0/s1. The third kappa shape index (κ3) is 6.81. The molecule has 2 amide bonds. The molecule has 0 aromatic heterocycles. The minimum Gasteiger partial charge on any atom is -0.497 e. The largest absolute Gasteiger partial charge is 0.497 e. The zero-order chi connectivity index (χ0) is 26.5. The average molecular weight is 510 g/mol. The number of methoxy groups -OCH3 is 2. The Morgan fingerprint density at radius 1 is 1.11 bits per heavy atom. The predicted octanol–water partition coefficient (Wildman–Crippen LogP) is 4.16. The first-order chi connectivity index (χ1) is 17.8. The van der Waals surface area contributed by atoms with Crippen LogP contribution in [0, 0.1) is 11.8 Å². The van der Waals surface area contributed by atoms with E-state index in [0.29, 0.717) is 41.5 Å². The molecule has 1 aliphatic carbocycles. The molecule has 1 fully saturated rings. The molecule has 1 saturated carbocycles. The first kappa shape index (κ1) is 26.9. The molecular weight excluding hydrogens is 470 g/mol. The quantitative estimate of drug-likeness (QED) is 0.630. The minimum absolute atomic E-state index is 0.0759. The molecule has 3 atom stereocenters. The van der Waals surface area contributed by atoms with Gasteiger partial charge in [-0.05, 0) is 61.9 Å². The monoisotopic (exact) mass is 509 g/mol. The number of hydrogen-bond acceptors (Lipinski definition) is 6. The van der Waals surface area contributed by atoms with Crippen molar-refractivity contribution in [2.24, 2.45) is 11.8 Å². The van der Waals surface area contributed by atoms with Gasteiger partial charge in [-0.15, -0.1) is 0 Å². The highest BCUT2D eigenvalue weighted by Gasteiger charge is 2.31. The Labute approximate surface area is 219 Å². The van der Waals surface area contributed by atoms with Crippen LogP contribution in [0.15, 0.2) is 42.5 Å². The van der Waals surface area contributed by atoms with Crippen LogP contribution in [0.2, 0.25) is 0 Å². The van der Waals surface area contributed by atoms with Crippen molar-refractivity contribution in [3.05, 3.63) is 53.6 Å². The van der Waals surface area contributed by atoms with Crippen molar-refractivity contribution in [1.29, 1.82) is 0 Å². The number of anilines is 1. The molecule has 4 rings (SSSR count). The molecule has 2 aliphatic rings. The van der Waals surface area contributed by atoms with Crippen LogP contribution < -0.4 is 14.8 Å². The van der Waals surface area contributed by atoms with Crippen LogP contribution in [0.4, 0.5) is 5.69 Å². The third-order valence-electron chi connectivity index (χ3n) is 7.36. The second-order valence-electron chi connectivity index (χ2n) is 10.4. The van der Waals surface area contributed by atoms with Gasteiger partial charge in [0.1, 0.15) is 18.1 Å². The van der Waals surface area contributed by atoms with Crippen molar-refractivity contribution in [3.63, 3.8) is 0 Å². The van der Waals surface area contributed by atoms with Crippen LogP contribution in [0.5, 0.6) is 11.5 Å². The fraction of sp³-hybridized carbons (Fsp3) is 0.517. The van der Waals surface area contributed by atoms with E-state index < -0.39 is 0 Å². The maximum absolute atomic E-state index is 13.4. The maximum atomic E-state index is 13.4. The van der Waals surface area contributed by atoms with Crippen molar-refractivity contribution < 1.29 is 23.8 Å². The van der Waals surface area contributed by atoms with E-state index in [1.807, 2.05) is 0 Å². The van der Waals surface area contributed by atoms with Gasteiger partial charge in [-0.2, -0.15) is 0 Å². The number of likely N-dealkylation sites (N-methyl/N-ethyl adjacent to an activating group) is 1. The number of hydrogen-bond donors (Lipinski definition) is 1. The first-order valence-electron chi connectivity index (χ1n) is 13.0. The molecule has 0 unspecified atom stereocenters. The second kappa shape index (κ2) is 12.0. The number of nitrogens with one attached hydrogen (secondary N) is 1. The molecule has 1 heterocycles. The number of carbonyl (C=O) groups excluding carboxylic acids is 2. The summed E-state index contributed by atoms with van der Waals surface area (Å²) in [6.07, 6.45) is 2.48. The SMILES string of the molecule is COc1cccc(C(=O)Nc2ccc3c(c2)OC[C@@H](C)N(CC2CC2)C[C@H](C)[C@H](OC)CN(C)C3=O)c1. The van der Waals surface area contributed by atoms with Crippen molar-refractivity contribution in [2.75, 3.05) is 52.8 Å². The van der Waals surface area contributed by atoms with Crippen molar-refractivity contribution >= 4 is 17.5 Å². The summed E-state index contributed by atoms with van der Waals surface area (Å²) in [5, 5.41) is 2.92. The number of ether oxygens (including phenoxy) is 3. The van der Waals surface area contributed by atoms with Crippen LogP contribution in [0.25, 0.3) is 0 Å². The van der Waals surface area contributed by atoms with Gasteiger partial charge in [0.25, 0.3) is 11.8 Å². The number of nitrogens with zero attached hydrogens (tertiary/aromatic N) is 2. The number of amides is 2. The lowest BCUT2D eigenvalue weighted by atomic mass is 10.0. The van der Waals surface area contributed by atoms with Gasteiger partial charge in [0, 0.05) is 57.2 Å². The van der Waals surface area contributed by atoms with Crippen molar-refractivity contribution in [1.82, 2.24) is 9.80 Å². The smallest absolute Gasteiger partial charge is 0.257 e. The topological polar surface area (TPSA) is 80.3 Å². The summed E-state index contributed by atoms with van der Waals surface area (Å²) >= 11 is 0. The highest BCUT2D eigenvalue weighted by atomic mass is 16.5. The molecule has 37 heavy (non-hydrogen) atoms. The van der Waals surface area contributed by atoms with Gasteiger partial charge in [0.2, 0.25) is 0 Å². The predicted molar refractivity (Wildman–Crippen MR) is 144 cm³/mol. The van der Waals surface area contributed by atoms with Crippen molar-refractivity contribution in [3.8, 4) is 11.5 Å². The summed E-state index contributed by atoms with van der Waals surface area (Å²) in [4.78, 5) is 30.5. The van der Waals surface area contributed by atoms with Gasteiger partial charge in [-0.25, -0.2) is 0 Å². The van der Waals surface area contributed by atoms with Crippen LogP contribution in [0.1, 0.15) is 47.4 Å². The average Bonchev–Trinajstić information content (AvgIpc) is 3.73. The number of rotatable bonds is 6. The molecule has 0 saturated heterocycles. The lowest BCUT2D eigenvalue weighted by Gasteiger charge is -2.36. The fourth-order valence-corrected chi connectivity index (χ4v) is 4.78. The molecule has 0 bridgehead atoms. The lowest BCUT2D eigenvalue weighted by Crippen LogP contribution is -2.47. The fourth-order valence-electron chi connectivity index (χ4n) is 4.78. The Kier molecular flexibility index (Phi) is 8.71. The summed E-state index contributed by atoms with van der Waals surface area (Å²) in [6.45, 7) is 7.21. The van der Waals surface area contributed by atoms with E-state index in [4.69, 9.17) is 14.2 Å². The number of benzene rings is 2. The number of fused-ring (bicyclic) bond motifs is 1. The summed E-state index contributed by atoms with van der Waals surface area (Å²) in [7, 11) is 5.07. The zero-order valence-electron chi connectivity index (χ0n) is 22.5. The molecule has 2 aromatic rings. The molecule has 1 aliphatic heterocycles. The molecule has 2 aromatic carbocycles. The van der Waals surface area contributed by atoms with E-state index in [1.165, 1.54) is 12.8 Å². The zero-order valence-corrected chi connectivity index (χ0v) is 22.5. The Bertz CT molecular complexity index is 1100. The summed E-state index contributed by atoms with van der Waals surface area (Å²) in [5.41, 5.74) is 1.50. The van der Waals surface area contributed by atoms with Crippen LogP contribution in [0.3, 0.4) is 0 Å². The summed E-state index contributed by atoms with van der Waals surface area (Å²) in [5.74, 6) is 1.67. The molecule has 8 heteroatoms. The normalized spacial score (nSPS) is 23.3. The molecular formula is C29H39N3O5. The molecule has 1 N–H and O–H groups in total. The van der Waals surface area contributed by atoms with E-state index in [2.05, 4.69) is 24.1 Å². The van der Waals surface area contributed by atoms with Crippen LogP contribution >= 0.6 is 0 Å². The van der Waals surface area contributed by atoms with Gasteiger partial charge in [0.15, 0.2) is 0 Å². The third-order valence-corrected chi connectivity index (χ3v) is 7.36. The van der Waals surface area contributed by atoms with E-state index in [9.17, 15) is 9.59 Å². The van der Waals surface area contributed by atoms with Crippen LogP contribution in [-0.2, 0) is 4.74 Å². The van der Waals surface area contributed by atoms with Crippen LogP contribution in [-0.4, -0.2) is 81.3 Å². The van der Waals surface area contributed by atoms with Gasteiger partial charge < -0.3 is 24.4 Å². The van der Waals surface area contributed by atoms with E-state index in [0.717, 1.165) is 19.0 Å². The Morgan fingerprint density at radius 3 is 2.59 bits per heavy atom. The highest BCUT2D eigenvalue weighted by molar-refractivity contribution is 6.05. The number of carbonyl (C=O) groups is 2. The van der Waals surface area contributed by atoms with E-state index >= 15 is 0 Å². The van der Waals surface area contributed by atoms with Gasteiger partial charge in [0.05, 0.1) is 18.8 Å². The minimum atomic E-state index is -0.267. The molecule has 0 spiro atoms. The molecule has 200 valence electrons. The maximum Gasteiger partial charge on any atom is 0.257 e. The highest BCUT2D eigenvalue weighted by Crippen LogP contribution is 2.32.